The Bertz CT molecular complexity index is 1530. The van der Waals surface area contributed by atoms with E-state index in [-0.39, 0.29) is 34.8 Å². The number of fused-ring (bicyclic) bond motifs is 1. The lowest BCUT2D eigenvalue weighted by Gasteiger charge is -2.28. The second-order valence-electron chi connectivity index (χ2n) is 9.93. The highest BCUT2D eigenvalue weighted by molar-refractivity contribution is 7.99. The lowest BCUT2D eigenvalue weighted by molar-refractivity contribution is -0.126. The quantitative estimate of drug-likeness (QED) is 0.151. The number of carbonyl (C=O) groups excluding carboxylic acids is 2. The van der Waals surface area contributed by atoms with Crippen molar-refractivity contribution in [3.05, 3.63) is 105 Å². The van der Waals surface area contributed by atoms with Crippen LogP contribution in [0.25, 0.3) is 10.9 Å². The van der Waals surface area contributed by atoms with Crippen molar-refractivity contribution < 1.29 is 9.59 Å². The van der Waals surface area contributed by atoms with E-state index in [0.29, 0.717) is 39.7 Å². The molecule has 1 amide bonds. The summed E-state index contributed by atoms with van der Waals surface area (Å²) in [6, 6.07) is 24.0. The normalized spacial score (nSPS) is 17.2. The summed E-state index contributed by atoms with van der Waals surface area (Å²) in [5.74, 6) is 0.453. The molecule has 1 aliphatic carbocycles. The minimum absolute atomic E-state index is 0.00197. The molecule has 1 saturated carbocycles. The van der Waals surface area contributed by atoms with E-state index < -0.39 is 0 Å². The second kappa shape index (κ2) is 12.6. The SMILES string of the molecule is O=C(CSc1nc2ccccc2c(=O)n1CC1CCC(C(=O)NCc2ccccc2Cl)CC1)c1ccccc1. The summed E-state index contributed by atoms with van der Waals surface area (Å²) in [6.45, 7) is 0.936. The van der Waals surface area contributed by atoms with Gasteiger partial charge in [-0.2, -0.15) is 0 Å². The van der Waals surface area contributed by atoms with Crippen molar-refractivity contribution in [2.75, 3.05) is 5.75 Å². The molecule has 5 rings (SSSR count). The van der Waals surface area contributed by atoms with Gasteiger partial charge in [-0.15, -0.1) is 0 Å². The number of nitrogens with one attached hydrogen (secondary N) is 1. The highest BCUT2D eigenvalue weighted by Gasteiger charge is 2.27. The molecule has 0 radical (unpaired) electrons. The predicted octanol–water partition coefficient (Wildman–Crippen LogP) is 6.15. The molecule has 3 aromatic carbocycles. The monoisotopic (exact) mass is 559 g/mol. The zero-order valence-corrected chi connectivity index (χ0v) is 23.1. The Morgan fingerprint density at radius 3 is 2.38 bits per heavy atom. The van der Waals surface area contributed by atoms with Crippen LogP contribution in [-0.2, 0) is 17.9 Å². The molecule has 1 heterocycles. The highest BCUT2D eigenvalue weighted by atomic mass is 35.5. The molecule has 0 unspecified atom stereocenters. The second-order valence-corrected chi connectivity index (χ2v) is 11.3. The molecule has 1 N–H and O–H groups in total. The van der Waals surface area contributed by atoms with E-state index in [1.54, 1.807) is 22.8 Å². The van der Waals surface area contributed by atoms with Gasteiger partial charge in [-0.25, -0.2) is 4.98 Å². The molecule has 1 fully saturated rings. The fourth-order valence-corrected chi connectivity index (χ4v) is 6.20. The minimum atomic E-state index is -0.0881. The van der Waals surface area contributed by atoms with Gasteiger partial charge >= 0.3 is 0 Å². The van der Waals surface area contributed by atoms with Crippen LogP contribution in [0.5, 0.6) is 0 Å². The van der Waals surface area contributed by atoms with Gasteiger partial charge in [0.15, 0.2) is 10.9 Å². The number of aromatic nitrogens is 2. The smallest absolute Gasteiger partial charge is 0.262 e. The van der Waals surface area contributed by atoms with Crippen LogP contribution in [-0.4, -0.2) is 27.0 Å². The molecule has 0 bridgehead atoms. The molecule has 8 heteroatoms. The molecule has 1 aromatic heterocycles. The van der Waals surface area contributed by atoms with Crippen molar-refractivity contribution in [3.63, 3.8) is 0 Å². The topological polar surface area (TPSA) is 81.1 Å². The zero-order valence-electron chi connectivity index (χ0n) is 21.5. The van der Waals surface area contributed by atoms with Gasteiger partial charge in [-0.05, 0) is 55.4 Å². The van der Waals surface area contributed by atoms with E-state index in [4.69, 9.17) is 16.6 Å². The van der Waals surface area contributed by atoms with Crippen LogP contribution < -0.4 is 10.9 Å². The molecule has 39 heavy (non-hydrogen) atoms. The summed E-state index contributed by atoms with van der Waals surface area (Å²) in [6.07, 6.45) is 3.22. The van der Waals surface area contributed by atoms with Gasteiger partial charge in [0.2, 0.25) is 5.91 Å². The molecule has 0 spiro atoms. The largest absolute Gasteiger partial charge is 0.352 e. The highest BCUT2D eigenvalue weighted by Crippen LogP contribution is 2.31. The summed E-state index contributed by atoms with van der Waals surface area (Å²) < 4.78 is 1.73. The molecule has 0 saturated heterocycles. The molecular weight excluding hydrogens is 530 g/mol. The molecule has 0 aliphatic heterocycles. The number of hydrogen-bond acceptors (Lipinski definition) is 5. The van der Waals surface area contributed by atoms with Crippen molar-refractivity contribution >= 4 is 46.0 Å². The van der Waals surface area contributed by atoms with E-state index in [2.05, 4.69) is 5.32 Å². The van der Waals surface area contributed by atoms with E-state index in [1.165, 1.54) is 11.8 Å². The molecule has 4 aromatic rings. The number of rotatable bonds is 9. The molecular formula is C31H30ClN3O3S. The number of halogens is 1. The van der Waals surface area contributed by atoms with E-state index >= 15 is 0 Å². The standard InChI is InChI=1S/C31H30ClN3O3S/c32-26-12-6-4-10-24(26)18-33-29(37)23-16-14-21(15-17-23)19-35-30(38)25-11-5-7-13-27(25)34-31(35)39-20-28(36)22-8-2-1-3-9-22/h1-13,21,23H,14-20H2,(H,33,37). The zero-order chi connectivity index (χ0) is 27.2. The predicted molar refractivity (Wildman–Crippen MR) is 156 cm³/mol. The molecule has 6 nitrogen and oxygen atoms in total. The Hall–Kier alpha value is -3.42. The molecule has 200 valence electrons. The van der Waals surface area contributed by atoms with E-state index in [9.17, 15) is 14.4 Å². The van der Waals surface area contributed by atoms with Crippen LogP contribution in [0.4, 0.5) is 0 Å². The van der Waals surface area contributed by atoms with Crippen molar-refractivity contribution in [2.45, 2.75) is 43.9 Å². The lowest BCUT2D eigenvalue weighted by Crippen LogP contribution is -2.34. The summed E-state index contributed by atoms with van der Waals surface area (Å²) in [5, 5.41) is 4.81. The third-order valence-corrected chi connectivity index (χ3v) is 8.67. The van der Waals surface area contributed by atoms with Gasteiger partial charge in [-0.3, -0.25) is 19.0 Å². The van der Waals surface area contributed by atoms with Crippen LogP contribution in [0.3, 0.4) is 0 Å². The Morgan fingerprint density at radius 2 is 1.62 bits per heavy atom. The average molecular weight is 560 g/mol. The Kier molecular flexibility index (Phi) is 8.79. The number of thioether (sulfide) groups is 1. The van der Waals surface area contributed by atoms with Crippen molar-refractivity contribution in [3.8, 4) is 0 Å². The van der Waals surface area contributed by atoms with E-state index in [0.717, 1.165) is 31.2 Å². The van der Waals surface area contributed by atoms with E-state index in [1.807, 2.05) is 60.7 Å². The first-order valence-electron chi connectivity index (χ1n) is 13.2. The number of benzene rings is 3. The van der Waals surface area contributed by atoms with Crippen LogP contribution in [0, 0.1) is 11.8 Å². The third-order valence-electron chi connectivity index (χ3n) is 7.32. The summed E-state index contributed by atoms with van der Waals surface area (Å²) in [7, 11) is 0. The van der Waals surface area contributed by atoms with Gasteiger partial charge in [-0.1, -0.05) is 84.0 Å². The maximum Gasteiger partial charge on any atom is 0.262 e. The number of nitrogens with zero attached hydrogens (tertiary/aromatic N) is 2. The average Bonchev–Trinajstić information content (AvgIpc) is 2.98. The van der Waals surface area contributed by atoms with Crippen LogP contribution in [0.1, 0.15) is 41.6 Å². The number of hydrogen-bond donors (Lipinski definition) is 1. The van der Waals surface area contributed by atoms with Crippen LogP contribution in [0.2, 0.25) is 5.02 Å². The van der Waals surface area contributed by atoms with Crippen molar-refractivity contribution in [2.24, 2.45) is 11.8 Å². The summed E-state index contributed by atoms with van der Waals surface area (Å²) in [4.78, 5) is 43.8. The maximum absolute atomic E-state index is 13.5. The first kappa shape index (κ1) is 27.2. The fraction of sp³-hybridized carbons (Fsp3) is 0.290. The summed E-state index contributed by atoms with van der Waals surface area (Å²) in [5.41, 5.74) is 2.09. The van der Waals surface area contributed by atoms with Gasteiger partial charge in [0.1, 0.15) is 0 Å². The Labute approximate surface area is 236 Å². The number of ketones is 1. The third kappa shape index (κ3) is 6.60. The number of Topliss-reactive ketones (excluding diaryl/α,β-unsaturated/α-hetero) is 1. The number of amides is 1. The maximum atomic E-state index is 13.5. The van der Waals surface area contributed by atoms with Gasteiger partial charge in [0.05, 0.1) is 16.7 Å². The van der Waals surface area contributed by atoms with Crippen molar-refractivity contribution in [1.82, 2.24) is 14.9 Å². The first-order valence-corrected chi connectivity index (χ1v) is 14.6. The molecule has 1 aliphatic rings. The number of carbonyl (C=O) groups is 2. The van der Waals surface area contributed by atoms with Gasteiger partial charge in [0.25, 0.3) is 5.56 Å². The first-order chi connectivity index (χ1) is 19.0. The van der Waals surface area contributed by atoms with Gasteiger partial charge < -0.3 is 5.32 Å². The Balaban J connectivity index is 1.25. The van der Waals surface area contributed by atoms with Crippen molar-refractivity contribution in [1.29, 1.82) is 0 Å². The van der Waals surface area contributed by atoms with Gasteiger partial charge in [0, 0.05) is 29.6 Å². The van der Waals surface area contributed by atoms with Crippen LogP contribution in [0.15, 0.2) is 88.8 Å². The fourth-order valence-electron chi connectivity index (χ4n) is 5.09. The minimum Gasteiger partial charge on any atom is -0.352 e. The molecule has 0 atom stereocenters. The summed E-state index contributed by atoms with van der Waals surface area (Å²) >= 11 is 7.52. The number of para-hydroxylation sites is 1. The lowest BCUT2D eigenvalue weighted by atomic mass is 9.81. The van der Waals surface area contributed by atoms with Crippen LogP contribution >= 0.6 is 23.4 Å². The Morgan fingerprint density at radius 1 is 0.923 bits per heavy atom.